The van der Waals surface area contributed by atoms with Gasteiger partial charge in [0.05, 0.1) is 12.6 Å². The van der Waals surface area contributed by atoms with E-state index in [0.717, 1.165) is 5.56 Å². The van der Waals surface area contributed by atoms with E-state index in [2.05, 4.69) is 5.32 Å². The molecule has 2 rings (SSSR count). The van der Waals surface area contributed by atoms with Crippen molar-refractivity contribution in [1.82, 2.24) is 5.32 Å². The van der Waals surface area contributed by atoms with Gasteiger partial charge in [-0.05, 0) is 11.6 Å². The van der Waals surface area contributed by atoms with E-state index in [1.165, 1.54) is 6.07 Å². The molecule has 0 amide bonds. The first-order valence-corrected chi connectivity index (χ1v) is 3.94. The topological polar surface area (TPSA) is 32.3 Å². The standard InChI is InChI=1S/C9H10FNO/c10-7-3-1-2-6-4-11-8(5-12)9(6)7/h1-3,8,11-12H,4-5H2/t8-/m1/s1. The van der Waals surface area contributed by atoms with Crippen LogP contribution in [0.1, 0.15) is 17.2 Å². The van der Waals surface area contributed by atoms with Gasteiger partial charge in [0.2, 0.25) is 0 Å². The molecule has 1 aliphatic heterocycles. The van der Waals surface area contributed by atoms with Crippen molar-refractivity contribution in [1.29, 1.82) is 0 Å². The second-order valence-corrected chi connectivity index (χ2v) is 2.93. The van der Waals surface area contributed by atoms with Crippen molar-refractivity contribution in [3.63, 3.8) is 0 Å². The van der Waals surface area contributed by atoms with Gasteiger partial charge < -0.3 is 10.4 Å². The average Bonchev–Trinajstić information content (AvgIpc) is 2.49. The van der Waals surface area contributed by atoms with Crippen molar-refractivity contribution in [3.05, 3.63) is 35.1 Å². The van der Waals surface area contributed by atoms with E-state index in [4.69, 9.17) is 5.11 Å². The maximum Gasteiger partial charge on any atom is 0.128 e. The van der Waals surface area contributed by atoms with Crippen LogP contribution in [-0.4, -0.2) is 11.7 Å². The average molecular weight is 167 g/mol. The molecular weight excluding hydrogens is 157 g/mol. The normalized spacial score (nSPS) is 21.0. The molecule has 12 heavy (non-hydrogen) atoms. The first kappa shape index (κ1) is 7.71. The summed E-state index contributed by atoms with van der Waals surface area (Å²) in [6.45, 7) is 0.603. The third kappa shape index (κ3) is 1.02. The summed E-state index contributed by atoms with van der Waals surface area (Å²) >= 11 is 0. The van der Waals surface area contributed by atoms with Crippen molar-refractivity contribution in [3.8, 4) is 0 Å². The van der Waals surface area contributed by atoms with Crippen LogP contribution in [0.15, 0.2) is 18.2 Å². The maximum absolute atomic E-state index is 13.2. The number of benzene rings is 1. The van der Waals surface area contributed by atoms with Crippen molar-refractivity contribution in [2.75, 3.05) is 6.61 Å². The van der Waals surface area contributed by atoms with Crippen LogP contribution in [0.3, 0.4) is 0 Å². The molecule has 3 heteroatoms. The highest BCUT2D eigenvalue weighted by Gasteiger charge is 2.23. The predicted octanol–water partition coefficient (Wildman–Crippen LogP) is 0.962. The zero-order valence-electron chi connectivity index (χ0n) is 6.55. The van der Waals surface area contributed by atoms with Crippen LogP contribution in [-0.2, 0) is 6.54 Å². The van der Waals surface area contributed by atoms with Crippen molar-refractivity contribution < 1.29 is 9.50 Å². The van der Waals surface area contributed by atoms with Crippen LogP contribution < -0.4 is 5.32 Å². The molecule has 1 heterocycles. The Morgan fingerprint density at radius 2 is 2.42 bits per heavy atom. The number of aliphatic hydroxyl groups is 1. The number of nitrogens with one attached hydrogen (secondary N) is 1. The molecule has 0 radical (unpaired) electrons. The van der Waals surface area contributed by atoms with Gasteiger partial charge in [-0.1, -0.05) is 12.1 Å². The fourth-order valence-corrected chi connectivity index (χ4v) is 1.62. The number of rotatable bonds is 1. The zero-order valence-corrected chi connectivity index (χ0v) is 6.55. The fourth-order valence-electron chi connectivity index (χ4n) is 1.62. The van der Waals surface area contributed by atoms with Crippen molar-refractivity contribution >= 4 is 0 Å². The summed E-state index contributed by atoms with van der Waals surface area (Å²) in [5.74, 6) is -0.225. The molecule has 0 bridgehead atoms. The summed E-state index contributed by atoms with van der Waals surface area (Å²) in [5, 5.41) is 11.9. The molecule has 1 aromatic carbocycles. The lowest BCUT2D eigenvalue weighted by Gasteiger charge is -2.07. The van der Waals surface area contributed by atoms with Crippen LogP contribution in [0, 0.1) is 5.82 Å². The molecule has 0 unspecified atom stereocenters. The first-order valence-electron chi connectivity index (χ1n) is 3.94. The molecule has 0 spiro atoms. The summed E-state index contributed by atoms with van der Waals surface area (Å²) in [4.78, 5) is 0. The smallest absolute Gasteiger partial charge is 0.128 e. The second-order valence-electron chi connectivity index (χ2n) is 2.93. The molecule has 0 aromatic heterocycles. The van der Waals surface area contributed by atoms with E-state index in [1.54, 1.807) is 6.07 Å². The third-order valence-corrected chi connectivity index (χ3v) is 2.21. The third-order valence-electron chi connectivity index (χ3n) is 2.21. The van der Waals surface area contributed by atoms with E-state index < -0.39 is 0 Å². The number of halogens is 1. The van der Waals surface area contributed by atoms with Crippen LogP contribution in [0.4, 0.5) is 4.39 Å². The number of hydrogen-bond donors (Lipinski definition) is 2. The minimum absolute atomic E-state index is 0.0477. The monoisotopic (exact) mass is 167 g/mol. The van der Waals surface area contributed by atoms with E-state index in [9.17, 15) is 4.39 Å². The van der Waals surface area contributed by atoms with Gasteiger partial charge in [0.15, 0.2) is 0 Å². The Morgan fingerprint density at radius 3 is 3.17 bits per heavy atom. The lowest BCUT2D eigenvalue weighted by atomic mass is 10.1. The molecule has 0 fully saturated rings. The van der Waals surface area contributed by atoms with Crippen molar-refractivity contribution in [2.45, 2.75) is 12.6 Å². The van der Waals surface area contributed by atoms with Gasteiger partial charge >= 0.3 is 0 Å². The lowest BCUT2D eigenvalue weighted by molar-refractivity contribution is 0.249. The van der Waals surface area contributed by atoms with E-state index in [-0.39, 0.29) is 18.5 Å². The molecule has 1 aromatic rings. The predicted molar refractivity (Wildman–Crippen MR) is 43.1 cm³/mol. The Kier molecular flexibility index (Phi) is 1.83. The molecular formula is C9H10FNO. The van der Waals surface area contributed by atoms with Gasteiger partial charge in [-0.15, -0.1) is 0 Å². The Morgan fingerprint density at radius 1 is 1.58 bits per heavy atom. The summed E-state index contributed by atoms with van der Waals surface area (Å²) in [7, 11) is 0. The SMILES string of the molecule is OC[C@H]1NCc2cccc(F)c21. The number of aliphatic hydroxyl groups excluding tert-OH is 1. The van der Waals surface area contributed by atoms with Gasteiger partial charge in [0.1, 0.15) is 5.82 Å². The zero-order chi connectivity index (χ0) is 8.55. The second kappa shape index (κ2) is 2.84. The molecule has 2 N–H and O–H groups in total. The van der Waals surface area contributed by atoms with E-state index >= 15 is 0 Å². The molecule has 0 aliphatic carbocycles. The minimum Gasteiger partial charge on any atom is -0.394 e. The van der Waals surface area contributed by atoms with Crippen LogP contribution >= 0.6 is 0 Å². The largest absolute Gasteiger partial charge is 0.394 e. The summed E-state index contributed by atoms with van der Waals surface area (Å²) in [5.41, 5.74) is 1.58. The van der Waals surface area contributed by atoms with E-state index in [0.29, 0.717) is 12.1 Å². The highest BCUT2D eigenvalue weighted by Crippen LogP contribution is 2.26. The number of hydrogen-bond acceptors (Lipinski definition) is 2. The van der Waals surface area contributed by atoms with E-state index in [1.807, 2.05) is 6.07 Å². The summed E-state index contributed by atoms with van der Waals surface area (Å²) in [6.07, 6.45) is 0. The fraction of sp³-hybridized carbons (Fsp3) is 0.333. The Hall–Kier alpha value is -0.930. The number of fused-ring (bicyclic) bond motifs is 1. The van der Waals surface area contributed by atoms with Gasteiger partial charge in [-0.25, -0.2) is 4.39 Å². The van der Waals surface area contributed by atoms with Gasteiger partial charge in [0, 0.05) is 12.1 Å². The Balaban J connectivity index is 2.48. The highest BCUT2D eigenvalue weighted by atomic mass is 19.1. The molecule has 2 nitrogen and oxygen atoms in total. The van der Waals surface area contributed by atoms with Gasteiger partial charge in [-0.3, -0.25) is 0 Å². The highest BCUT2D eigenvalue weighted by molar-refractivity contribution is 5.35. The quantitative estimate of drug-likeness (QED) is 0.653. The molecule has 0 saturated carbocycles. The van der Waals surface area contributed by atoms with Crippen LogP contribution in [0.5, 0.6) is 0 Å². The molecule has 1 aliphatic rings. The van der Waals surface area contributed by atoms with Crippen molar-refractivity contribution in [2.24, 2.45) is 0 Å². The Labute approximate surface area is 70.0 Å². The molecule has 64 valence electrons. The van der Waals surface area contributed by atoms with Crippen LogP contribution in [0.25, 0.3) is 0 Å². The van der Waals surface area contributed by atoms with Gasteiger partial charge in [-0.2, -0.15) is 0 Å². The summed E-state index contributed by atoms with van der Waals surface area (Å²) < 4.78 is 13.2. The Bertz CT molecular complexity index is 301. The maximum atomic E-state index is 13.2. The minimum atomic E-state index is -0.225. The lowest BCUT2D eigenvalue weighted by Crippen LogP contribution is -2.16. The van der Waals surface area contributed by atoms with Crippen LogP contribution in [0.2, 0.25) is 0 Å². The summed E-state index contributed by atoms with van der Waals surface area (Å²) in [6, 6.07) is 4.77. The molecule has 0 saturated heterocycles. The van der Waals surface area contributed by atoms with Gasteiger partial charge in [0.25, 0.3) is 0 Å². The first-order chi connectivity index (χ1) is 5.83. The molecule has 1 atom stereocenters.